The average molecular weight is 441 g/mol. The van der Waals surface area contributed by atoms with Crippen LogP contribution in [-0.2, 0) is 4.74 Å². The Morgan fingerprint density at radius 1 is 1.19 bits per heavy atom. The Balaban J connectivity index is 1.32. The number of hydrogen-bond donors (Lipinski definition) is 0. The molecule has 2 atom stereocenters. The van der Waals surface area contributed by atoms with Gasteiger partial charge in [0.25, 0.3) is 5.91 Å². The van der Waals surface area contributed by atoms with Crippen molar-refractivity contribution in [3.8, 4) is 5.75 Å². The minimum atomic E-state index is -0.322. The summed E-state index contributed by atoms with van der Waals surface area (Å²) in [5.41, 5.74) is 2.22. The molecular weight excluding hydrogens is 412 g/mol. The molecule has 0 aliphatic carbocycles. The number of benzene rings is 1. The zero-order chi connectivity index (χ0) is 21.8. The van der Waals surface area contributed by atoms with Crippen molar-refractivity contribution in [2.75, 3.05) is 19.7 Å². The van der Waals surface area contributed by atoms with Crippen molar-refractivity contribution in [1.29, 1.82) is 0 Å². The van der Waals surface area contributed by atoms with Gasteiger partial charge in [-0.2, -0.15) is 0 Å². The van der Waals surface area contributed by atoms with Crippen LogP contribution in [0.3, 0.4) is 0 Å². The number of fused-ring (bicyclic) bond motifs is 3. The van der Waals surface area contributed by atoms with E-state index >= 15 is 0 Å². The van der Waals surface area contributed by atoms with Gasteiger partial charge in [-0.3, -0.25) is 4.79 Å². The van der Waals surface area contributed by atoms with E-state index in [0.717, 1.165) is 49.4 Å². The summed E-state index contributed by atoms with van der Waals surface area (Å²) in [5, 5.41) is 0.710. The maximum atomic E-state index is 12.9. The van der Waals surface area contributed by atoms with Crippen LogP contribution >= 0.6 is 11.6 Å². The summed E-state index contributed by atoms with van der Waals surface area (Å²) in [4.78, 5) is 19.3. The molecule has 1 aromatic heterocycles. The van der Waals surface area contributed by atoms with Gasteiger partial charge in [-0.25, -0.2) is 4.98 Å². The molecule has 0 saturated carbocycles. The van der Waals surface area contributed by atoms with Crippen molar-refractivity contribution in [2.24, 2.45) is 11.3 Å². The number of hydrogen-bond acceptors (Lipinski definition) is 4. The van der Waals surface area contributed by atoms with Crippen molar-refractivity contribution in [3.63, 3.8) is 0 Å². The van der Waals surface area contributed by atoms with E-state index in [1.807, 2.05) is 42.2 Å². The first-order valence-electron chi connectivity index (χ1n) is 11.1. The highest BCUT2D eigenvalue weighted by Gasteiger charge is 2.53. The summed E-state index contributed by atoms with van der Waals surface area (Å²) in [6.45, 7) is 8.41. The van der Waals surface area contributed by atoms with Gasteiger partial charge >= 0.3 is 0 Å². The molecule has 6 heteroatoms. The quantitative estimate of drug-likeness (QED) is 0.610. The van der Waals surface area contributed by atoms with Crippen LogP contribution in [0.2, 0.25) is 5.02 Å². The van der Waals surface area contributed by atoms with E-state index in [4.69, 9.17) is 21.1 Å². The lowest BCUT2D eigenvalue weighted by atomic mass is 9.64. The maximum Gasteiger partial charge on any atom is 0.272 e. The van der Waals surface area contributed by atoms with Crippen molar-refractivity contribution in [3.05, 3.63) is 58.4 Å². The van der Waals surface area contributed by atoms with Crippen LogP contribution in [0.4, 0.5) is 0 Å². The molecular formula is C25H29ClN2O3. The van der Waals surface area contributed by atoms with E-state index in [0.29, 0.717) is 17.3 Å². The molecule has 4 heterocycles. The fourth-order valence-corrected chi connectivity index (χ4v) is 5.66. The van der Waals surface area contributed by atoms with Gasteiger partial charge in [0.2, 0.25) is 0 Å². The van der Waals surface area contributed by atoms with Gasteiger partial charge in [0.15, 0.2) is 0 Å². The largest absolute Gasteiger partial charge is 0.487 e. The molecule has 3 aliphatic heterocycles. The number of nitrogens with zero attached hydrogens (tertiary/aromatic N) is 2. The van der Waals surface area contributed by atoms with Crippen LogP contribution in [0, 0.1) is 18.3 Å². The molecule has 5 nitrogen and oxygen atoms in total. The zero-order valence-corrected chi connectivity index (χ0v) is 19.1. The van der Waals surface area contributed by atoms with Crippen LogP contribution in [0.25, 0.3) is 0 Å². The third kappa shape index (κ3) is 3.72. The van der Waals surface area contributed by atoms with Crippen LogP contribution < -0.4 is 4.74 Å². The molecule has 0 unspecified atom stereocenters. The number of carbonyl (C=O) groups excluding carboxylic acids is 1. The fraction of sp³-hybridized carbons (Fsp3) is 0.520. The minimum absolute atomic E-state index is 0.000712. The summed E-state index contributed by atoms with van der Waals surface area (Å²) in [6.07, 6.45) is 2.90. The van der Waals surface area contributed by atoms with Gasteiger partial charge in [0.05, 0.1) is 12.7 Å². The Morgan fingerprint density at radius 3 is 2.71 bits per heavy atom. The van der Waals surface area contributed by atoms with Gasteiger partial charge in [-0.15, -0.1) is 0 Å². The van der Waals surface area contributed by atoms with E-state index in [1.54, 1.807) is 6.07 Å². The first-order chi connectivity index (χ1) is 14.8. The molecule has 31 heavy (non-hydrogen) atoms. The lowest BCUT2D eigenvalue weighted by Gasteiger charge is -2.54. The number of piperidine rings is 1. The van der Waals surface area contributed by atoms with Crippen LogP contribution in [0.5, 0.6) is 5.75 Å². The number of carbonyl (C=O) groups is 1. The number of pyridine rings is 1. The SMILES string of the molecule is Cc1cccc(C(=O)N2CCC3(CC2)CO[C@@H]2c4cc(Cl)ccc4OC(C)(C)[C@H]2C3)n1. The summed E-state index contributed by atoms with van der Waals surface area (Å²) >= 11 is 6.27. The highest BCUT2D eigenvalue weighted by atomic mass is 35.5. The second-order valence-corrected chi connectivity index (χ2v) is 10.3. The van der Waals surface area contributed by atoms with Crippen molar-refractivity contribution < 1.29 is 14.3 Å². The summed E-state index contributed by atoms with van der Waals surface area (Å²) in [7, 11) is 0. The molecule has 0 N–H and O–H groups in total. The molecule has 2 fully saturated rings. The Kier molecular flexibility index (Phi) is 5.02. The Hall–Kier alpha value is -2.11. The molecule has 2 aromatic rings. The van der Waals surface area contributed by atoms with E-state index in [1.165, 1.54) is 0 Å². The van der Waals surface area contributed by atoms with Crippen LogP contribution in [-0.4, -0.2) is 41.1 Å². The number of rotatable bonds is 1. The number of ether oxygens (including phenoxy) is 2. The van der Waals surface area contributed by atoms with Gasteiger partial charge in [0.1, 0.15) is 17.0 Å². The van der Waals surface area contributed by atoms with Crippen molar-refractivity contribution >= 4 is 17.5 Å². The number of aromatic nitrogens is 1. The minimum Gasteiger partial charge on any atom is -0.487 e. The highest BCUT2D eigenvalue weighted by Crippen LogP contribution is 2.55. The van der Waals surface area contributed by atoms with Gasteiger partial charge in [0, 0.05) is 35.3 Å². The predicted molar refractivity (Wildman–Crippen MR) is 120 cm³/mol. The summed E-state index contributed by atoms with van der Waals surface area (Å²) < 4.78 is 12.9. The molecule has 0 radical (unpaired) electrons. The van der Waals surface area contributed by atoms with Gasteiger partial charge in [-0.1, -0.05) is 17.7 Å². The topological polar surface area (TPSA) is 51.7 Å². The molecule has 5 rings (SSSR count). The third-order valence-corrected chi connectivity index (χ3v) is 7.59. The first-order valence-corrected chi connectivity index (χ1v) is 11.5. The normalized spacial score (nSPS) is 26.0. The molecule has 0 bridgehead atoms. The van der Waals surface area contributed by atoms with E-state index in [9.17, 15) is 4.79 Å². The third-order valence-electron chi connectivity index (χ3n) is 7.35. The van der Waals surface area contributed by atoms with Crippen molar-refractivity contribution in [2.45, 2.75) is 51.7 Å². The zero-order valence-electron chi connectivity index (χ0n) is 18.4. The second kappa shape index (κ2) is 7.49. The second-order valence-electron chi connectivity index (χ2n) is 9.89. The average Bonchev–Trinajstić information content (AvgIpc) is 2.74. The van der Waals surface area contributed by atoms with Gasteiger partial charge < -0.3 is 14.4 Å². The van der Waals surface area contributed by atoms with Crippen LogP contribution in [0.1, 0.15) is 61.0 Å². The van der Waals surface area contributed by atoms with E-state index in [2.05, 4.69) is 18.8 Å². The Bertz CT molecular complexity index is 1010. The van der Waals surface area contributed by atoms with Gasteiger partial charge in [-0.05, 0) is 75.8 Å². The lowest BCUT2D eigenvalue weighted by Crippen LogP contribution is -2.54. The fourth-order valence-electron chi connectivity index (χ4n) is 5.48. The highest BCUT2D eigenvalue weighted by molar-refractivity contribution is 6.30. The monoisotopic (exact) mass is 440 g/mol. The standard InChI is InChI=1S/C25H29ClN2O3/c1-16-5-4-6-20(27-16)23(29)28-11-9-25(10-12-28)14-19-22(30-15-25)18-13-17(26)7-8-21(18)31-24(19,2)3/h4-8,13,19,22H,9-12,14-15H2,1-3H3/t19-,22+/m0/s1. The van der Waals surface area contributed by atoms with Crippen molar-refractivity contribution in [1.82, 2.24) is 9.88 Å². The number of amides is 1. The number of likely N-dealkylation sites (tertiary alicyclic amines) is 1. The summed E-state index contributed by atoms with van der Waals surface area (Å²) in [5.74, 6) is 1.14. The Morgan fingerprint density at radius 2 is 1.97 bits per heavy atom. The number of aryl methyl sites for hydroxylation is 1. The molecule has 164 valence electrons. The molecule has 1 amide bonds. The van der Waals surface area contributed by atoms with E-state index in [-0.39, 0.29) is 28.9 Å². The predicted octanol–water partition coefficient (Wildman–Crippen LogP) is 5.21. The molecule has 1 aromatic carbocycles. The Labute approximate surface area is 188 Å². The maximum absolute atomic E-state index is 12.9. The smallest absolute Gasteiger partial charge is 0.272 e. The first kappa shape index (κ1) is 20.8. The molecule has 1 spiro atoms. The number of halogens is 1. The molecule has 2 saturated heterocycles. The lowest BCUT2D eigenvalue weighted by molar-refractivity contribution is -0.173. The van der Waals surface area contributed by atoms with E-state index < -0.39 is 0 Å². The molecule has 3 aliphatic rings. The summed E-state index contributed by atoms with van der Waals surface area (Å²) in [6, 6.07) is 11.4. The van der Waals surface area contributed by atoms with Crippen LogP contribution in [0.15, 0.2) is 36.4 Å².